The van der Waals surface area contributed by atoms with Gasteiger partial charge in [-0.05, 0) is 36.2 Å². The molecule has 2 aromatic rings. The number of nitro groups is 1. The Kier molecular flexibility index (Phi) is 5.33. The zero-order chi connectivity index (χ0) is 22.1. The first-order valence-electron chi connectivity index (χ1n) is 9.57. The van der Waals surface area contributed by atoms with Crippen LogP contribution in [0.25, 0.3) is 0 Å². The summed E-state index contributed by atoms with van der Waals surface area (Å²) in [7, 11) is 0. The van der Waals surface area contributed by atoms with E-state index in [2.05, 4.69) is 21.9 Å². The first-order chi connectivity index (χ1) is 15.0. The largest absolute Gasteiger partial charge is 0.500 e. The number of pyridine rings is 1. The number of phenols is 1. The maximum Gasteiger partial charge on any atom is 0.314 e. The Morgan fingerprint density at radius 3 is 2.74 bits per heavy atom. The minimum absolute atomic E-state index is 0.0371. The highest BCUT2D eigenvalue weighted by molar-refractivity contribution is 5.59. The first-order valence-corrected chi connectivity index (χ1v) is 9.57. The molecule has 0 spiro atoms. The van der Waals surface area contributed by atoms with Gasteiger partial charge in [-0.25, -0.2) is 10.9 Å². The molecule has 0 amide bonds. The molecule has 3 heterocycles. The molecule has 4 rings (SSSR count). The molecule has 2 aliphatic rings. The zero-order valence-electron chi connectivity index (χ0n) is 16.5. The van der Waals surface area contributed by atoms with Crippen LogP contribution in [0.3, 0.4) is 0 Å². The van der Waals surface area contributed by atoms with Gasteiger partial charge < -0.3 is 20.3 Å². The van der Waals surface area contributed by atoms with E-state index in [1.165, 1.54) is 12.1 Å². The Morgan fingerprint density at radius 1 is 1.35 bits per heavy atom. The van der Waals surface area contributed by atoms with Gasteiger partial charge in [-0.2, -0.15) is 5.26 Å². The molecule has 0 bridgehead atoms. The lowest BCUT2D eigenvalue weighted by Gasteiger charge is -2.36. The van der Waals surface area contributed by atoms with Gasteiger partial charge in [0, 0.05) is 30.3 Å². The molecule has 4 unspecified atom stereocenters. The number of hydrazine groups is 1. The number of aromatic nitrogens is 1. The van der Waals surface area contributed by atoms with Gasteiger partial charge in [0.1, 0.15) is 6.07 Å². The van der Waals surface area contributed by atoms with Crippen LogP contribution in [0.1, 0.15) is 30.0 Å². The van der Waals surface area contributed by atoms with Crippen molar-refractivity contribution >= 4 is 5.69 Å². The lowest BCUT2D eigenvalue weighted by Crippen LogP contribution is -2.41. The second-order valence-electron chi connectivity index (χ2n) is 7.11. The van der Waals surface area contributed by atoms with Crippen molar-refractivity contribution in [3.8, 4) is 17.6 Å². The van der Waals surface area contributed by atoms with Gasteiger partial charge in [0.25, 0.3) is 0 Å². The number of fused-ring (bicyclic) bond motifs is 1. The van der Waals surface area contributed by atoms with Crippen molar-refractivity contribution in [2.45, 2.75) is 25.1 Å². The highest BCUT2D eigenvalue weighted by Gasteiger charge is 2.49. The fourth-order valence-electron chi connectivity index (χ4n) is 4.15. The van der Waals surface area contributed by atoms with Gasteiger partial charge in [-0.15, -0.1) is 0 Å². The number of hydrogen-bond donors (Lipinski definition) is 4. The number of nitrogens with two attached hydrogens (primary N) is 1. The van der Waals surface area contributed by atoms with Crippen LogP contribution in [-0.2, 0) is 4.74 Å². The summed E-state index contributed by atoms with van der Waals surface area (Å²) in [6.45, 7) is 1.89. The number of hydrogen-bond acceptors (Lipinski definition) is 10. The summed E-state index contributed by atoms with van der Waals surface area (Å²) in [6, 6.07) is 8.20. The van der Waals surface area contributed by atoms with Crippen LogP contribution in [0.15, 0.2) is 48.1 Å². The summed E-state index contributed by atoms with van der Waals surface area (Å²) in [4.78, 5) is 14.9. The number of nitrogens with zero attached hydrogens (tertiary/aromatic N) is 3. The Morgan fingerprint density at radius 2 is 2.10 bits per heavy atom. The van der Waals surface area contributed by atoms with E-state index in [-0.39, 0.29) is 35.8 Å². The van der Waals surface area contributed by atoms with Crippen LogP contribution in [0.2, 0.25) is 0 Å². The Bertz CT molecular complexity index is 1080. The van der Waals surface area contributed by atoms with E-state index >= 15 is 0 Å². The molecule has 11 nitrogen and oxygen atoms in total. The molecule has 0 radical (unpaired) electrons. The van der Waals surface area contributed by atoms with Crippen LogP contribution >= 0.6 is 0 Å². The molecule has 11 heteroatoms. The molecule has 1 saturated heterocycles. The number of benzene rings is 1. The molecular weight excluding hydrogens is 404 g/mol. The molecule has 5 N–H and O–H groups in total. The Hall–Kier alpha value is -3.88. The number of phenolic OH excluding ortho intramolecular Hbond substituents is 1. The Balaban J connectivity index is 1.90. The normalized spacial score (nSPS) is 24.8. The Labute approximate surface area is 177 Å². The fourth-order valence-corrected chi connectivity index (χ4v) is 4.15. The molecular formula is C20H20N6O5. The smallest absolute Gasteiger partial charge is 0.314 e. The van der Waals surface area contributed by atoms with Crippen molar-refractivity contribution in [2.75, 3.05) is 6.61 Å². The van der Waals surface area contributed by atoms with E-state index in [1.54, 1.807) is 19.3 Å². The van der Waals surface area contributed by atoms with Crippen molar-refractivity contribution in [3.63, 3.8) is 0 Å². The number of nitrogens with one attached hydrogen (secondary N) is 2. The number of allylic oxidation sites excluding steroid dienone is 1. The van der Waals surface area contributed by atoms with Gasteiger partial charge in [-0.1, -0.05) is 0 Å². The van der Waals surface area contributed by atoms with E-state index in [4.69, 9.17) is 15.2 Å². The topological polar surface area (TPSA) is 169 Å². The SMILES string of the molecule is CCOc1cc(C2C(C#N)=C(N)OC3NNC(c4ccncc4)C32)cc([N+](=O)[O-])c1O. The minimum Gasteiger partial charge on any atom is -0.500 e. The van der Waals surface area contributed by atoms with Crippen LogP contribution in [0.4, 0.5) is 5.69 Å². The van der Waals surface area contributed by atoms with Gasteiger partial charge >= 0.3 is 5.69 Å². The average Bonchev–Trinajstić information content (AvgIpc) is 3.18. The average molecular weight is 424 g/mol. The maximum atomic E-state index is 11.6. The minimum atomic E-state index is -0.692. The quantitative estimate of drug-likeness (QED) is 0.409. The molecule has 2 aliphatic heterocycles. The fraction of sp³-hybridized carbons (Fsp3) is 0.300. The van der Waals surface area contributed by atoms with E-state index in [9.17, 15) is 20.5 Å². The van der Waals surface area contributed by atoms with Crippen LogP contribution in [0.5, 0.6) is 11.5 Å². The van der Waals surface area contributed by atoms with E-state index < -0.39 is 28.5 Å². The van der Waals surface area contributed by atoms with Gasteiger partial charge in [0.15, 0.2) is 12.0 Å². The number of ether oxygens (including phenoxy) is 2. The highest BCUT2D eigenvalue weighted by atomic mass is 16.6. The number of nitro benzene ring substituents is 1. The number of rotatable bonds is 5. The first kappa shape index (κ1) is 20.4. The predicted molar refractivity (Wildman–Crippen MR) is 107 cm³/mol. The predicted octanol–water partition coefficient (Wildman–Crippen LogP) is 1.69. The second kappa shape index (κ2) is 8.10. The third-order valence-corrected chi connectivity index (χ3v) is 5.45. The summed E-state index contributed by atoms with van der Waals surface area (Å²) in [6.07, 6.45) is 2.71. The van der Waals surface area contributed by atoms with Crippen LogP contribution in [-0.4, -0.2) is 27.8 Å². The van der Waals surface area contributed by atoms with Gasteiger partial charge in [0.05, 0.1) is 23.1 Å². The van der Waals surface area contributed by atoms with E-state index in [0.717, 1.165) is 5.56 Å². The van der Waals surface area contributed by atoms with E-state index in [0.29, 0.717) is 5.56 Å². The van der Waals surface area contributed by atoms with Crippen molar-refractivity contribution < 1.29 is 19.5 Å². The molecule has 160 valence electrons. The van der Waals surface area contributed by atoms with Gasteiger partial charge in [0.2, 0.25) is 11.6 Å². The standard InChI is InChI=1S/C20H20N6O5/c1-2-30-14-8-11(7-13(18(14)27)26(28)29)15-12(9-21)19(22)31-20-16(15)17(24-25-20)10-3-5-23-6-4-10/h3-8,15-17,20,24-25,27H,2,22H2,1H3. The monoisotopic (exact) mass is 424 g/mol. The van der Waals surface area contributed by atoms with Crippen molar-refractivity contribution in [1.29, 1.82) is 5.26 Å². The number of nitriles is 1. The second-order valence-corrected chi connectivity index (χ2v) is 7.11. The maximum absolute atomic E-state index is 11.6. The number of aromatic hydroxyl groups is 1. The molecule has 0 saturated carbocycles. The van der Waals surface area contributed by atoms with Crippen molar-refractivity contribution in [2.24, 2.45) is 11.7 Å². The summed E-state index contributed by atoms with van der Waals surface area (Å²) >= 11 is 0. The summed E-state index contributed by atoms with van der Waals surface area (Å²) in [5.41, 5.74) is 13.2. The van der Waals surface area contributed by atoms with Crippen LogP contribution in [0, 0.1) is 27.4 Å². The van der Waals surface area contributed by atoms with E-state index in [1.807, 2.05) is 12.1 Å². The van der Waals surface area contributed by atoms with Gasteiger partial charge in [-0.3, -0.25) is 15.1 Å². The molecule has 31 heavy (non-hydrogen) atoms. The third kappa shape index (κ3) is 3.48. The molecule has 1 aromatic carbocycles. The van der Waals surface area contributed by atoms with Crippen molar-refractivity contribution in [3.05, 3.63) is 69.4 Å². The summed E-state index contributed by atoms with van der Waals surface area (Å²) < 4.78 is 11.1. The van der Waals surface area contributed by atoms with Crippen LogP contribution < -0.4 is 21.3 Å². The highest BCUT2D eigenvalue weighted by Crippen LogP contribution is 2.50. The lowest BCUT2D eigenvalue weighted by atomic mass is 9.74. The zero-order valence-corrected chi connectivity index (χ0v) is 16.5. The molecule has 1 fully saturated rings. The summed E-state index contributed by atoms with van der Waals surface area (Å²) in [5.74, 6) is -1.72. The van der Waals surface area contributed by atoms with Crippen molar-refractivity contribution in [1.82, 2.24) is 15.8 Å². The third-order valence-electron chi connectivity index (χ3n) is 5.45. The molecule has 0 aliphatic carbocycles. The molecule has 1 aromatic heterocycles. The lowest BCUT2D eigenvalue weighted by molar-refractivity contribution is -0.386. The molecule has 4 atom stereocenters. The summed E-state index contributed by atoms with van der Waals surface area (Å²) in [5, 5.41) is 31.7.